The quantitative estimate of drug-likeness (QED) is 0.529. The van der Waals surface area contributed by atoms with Gasteiger partial charge in [0.1, 0.15) is 23.6 Å². The molecule has 1 aromatic rings. The van der Waals surface area contributed by atoms with E-state index in [2.05, 4.69) is 21.4 Å². The van der Waals surface area contributed by atoms with Gasteiger partial charge in [-0.2, -0.15) is 5.26 Å². The molecular weight excluding hydrogens is 505 g/mol. The van der Waals surface area contributed by atoms with Gasteiger partial charge in [0.25, 0.3) is 5.91 Å². The molecule has 1 aromatic carbocycles. The van der Waals surface area contributed by atoms with Crippen LogP contribution in [0.1, 0.15) is 44.9 Å². The van der Waals surface area contributed by atoms with Crippen LogP contribution >= 0.6 is 0 Å². The molecule has 4 fully saturated rings. The highest BCUT2D eigenvalue weighted by molar-refractivity contribution is 5.90. The van der Waals surface area contributed by atoms with Gasteiger partial charge < -0.3 is 25.0 Å². The first-order chi connectivity index (χ1) is 18.1. The number of amides is 3. The number of alkyl halides is 3. The second kappa shape index (κ2) is 10.0. The maximum Gasteiger partial charge on any atom is 0.573 e. The molecule has 3 amide bonds. The van der Waals surface area contributed by atoms with Gasteiger partial charge in [-0.1, -0.05) is 6.42 Å². The molecule has 0 unspecified atom stereocenters. The van der Waals surface area contributed by atoms with E-state index in [9.17, 15) is 32.8 Å². The van der Waals surface area contributed by atoms with Crippen LogP contribution in [0.25, 0.3) is 0 Å². The van der Waals surface area contributed by atoms with Crippen molar-refractivity contribution in [2.24, 2.45) is 17.8 Å². The third-order valence-corrected chi connectivity index (χ3v) is 8.14. The van der Waals surface area contributed by atoms with Crippen molar-refractivity contribution >= 4 is 17.7 Å². The molecule has 2 aliphatic heterocycles. The molecule has 9 nitrogen and oxygen atoms in total. The van der Waals surface area contributed by atoms with Crippen LogP contribution in [0.15, 0.2) is 24.3 Å². The number of halogens is 3. The Labute approximate surface area is 217 Å². The van der Waals surface area contributed by atoms with Gasteiger partial charge in [-0.25, -0.2) is 0 Å². The first-order valence-corrected chi connectivity index (χ1v) is 12.9. The minimum absolute atomic E-state index is 0.0263. The summed E-state index contributed by atoms with van der Waals surface area (Å²) in [7, 11) is 0. The number of hydrogen-bond acceptors (Lipinski definition) is 6. The van der Waals surface area contributed by atoms with Crippen molar-refractivity contribution in [3.05, 3.63) is 24.3 Å². The Balaban J connectivity index is 1.20. The normalized spacial score (nSPS) is 27.8. The Morgan fingerprint density at radius 3 is 2.55 bits per heavy atom. The topological polar surface area (TPSA) is 121 Å². The SMILES string of the molecule is N#C[C@H](C[C@@H]1CC2(CC2)NC1=O)NC(=O)[C@@H]1[C@H]2CCC[C@H]2CN1C(=O)COc1ccc(OC(F)(F)F)cc1. The van der Waals surface area contributed by atoms with E-state index < -0.39 is 42.6 Å². The Hall–Kier alpha value is -3.49. The highest BCUT2D eigenvalue weighted by Crippen LogP contribution is 2.46. The third kappa shape index (κ3) is 5.66. The summed E-state index contributed by atoms with van der Waals surface area (Å²) in [6, 6.07) is 5.20. The second-order valence-electron chi connectivity index (χ2n) is 10.8. The molecule has 38 heavy (non-hydrogen) atoms. The van der Waals surface area contributed by atoms with Gasteiger partial charge in [-0.05, 0) is 74.6 Å². The van der Waals surface area contributed by atoms with Crippen molar-refractivity contribution < 1.29 is 37.0 Å². The van der Waals surface area contributed by atoms with Crippen LogP contribution < -0.4 is 20.1 Å². The predicted molar refractivity (Wildman–Crippen MR) is 125 cm³/mol. The lowest BCUT2D eigenvalue weighted by atomic mass is 9.92. The van der Waals surface area contributed by atoms with Crippen LogP contribution in [0.5, 0.6) is 11.5 Å². The summed E-state index contributed by atoms with van der Waals surface area (Å²) in [6.45, 7) is 0.00276. The number of carbonyl (C=O) groups is 3. The minimum Gasteiger partial charge on any atom is -0.484 e. The van der Waals surface area contributed by atoms with E-state index >= 15 is 0 Å². The molecule has 2 saturated carbocycles. The van der Waals surface area contributed by atoms with Crippen LogP contribution in [0, 0.1) is 29.1 Å². The number of likely N-dealkylation sites (tertiary alicyclic amines) is 1. The Morgan fingerprint density at radius 2 is 1.92 bits per heavy atom. The van der Waals surface area contributed by atoms with E-state index in [0.717, 1.165) is 44.2 Å². The molecule has 12 heteroatoms. The number of hydrogen-bond donors (Lipinski definition) is 2. The van der Waals surface area contributed by atoms with Gasteiger partial charge in [0.15, 0.2) is 6.61 Å². The lowest BCUT2D eigenvalue weighted by Crippen LogP contribution is -2.52. The van der Waals surface area contributed by atoms with Gasteiger partial charge >= 0.3 is 6.36 Å². The molecule has 0 radical (unpaired) electrons. The van der Waals surface area contributed by atoms with Gasteiger partial charge in [-0.3, -0.25) is 14.4 Å². The largest absolute Gasteiger partial charge is 0.573 e. The zero-order chi connectivity index (χ0) is 27.1. The predicted octanol–water partition coefficient (Wildman–Crippen LogP) is 2.66. The average Bonchev–Trinajstić information content (AvgIpc) is 3.15. The molecule has 2 aliphatic carbocycles. The number of ether oxygens (including phenoxy) is 2. The summed E-state index contributed by atoms with van der Waals surface area (Å²) in [4.78, 5) is 40.3. The van der Waals surface area contributed by atoms with Crippen molar-refractivity contribution in [3.63, 3.8) is 0 Å². The number of nitrogens with one attached hydrogen (secondary N) is 2. The summed E-state index contributed by atoms with van der Waals surface area (Å²) >= 11 is 0. The zero-order valence-electron chi connectivity index (χ0n) is 20.6. The number of nitriles is 1. The smallest absolute Gasteiger partial charge is 0.484 e. The highest BCUT2D eigenvalue weighted by Gasteiger charge is 2.53. The summed E-state index contributed by atoms with van der Waals surface area (Å²) in [6.07, 6.45) is 0.597. The standard InChI is InChI=1S/C26H29F3N4O5/c27-26(28,29)38-19-6-4-18(5-7-19)37-14-21(34)33-13-15-2-1-3-20(15)22(33)24(36)31-17(12-30)10-16-11-25(8-9-25)32-23(16)35/h4-7,15-17,20,22H,1-3,8-11,13-14H2,(H,31,36)(H,32,35)/t15-,16+,17-,20-,22-/m0/s1. The average molecular weight is 535 g/mol. The Kier molecular flexibility index (Phi) is 6.88. The van der Waals surface area contributed by atoms with Crippen molar-refractivity contribution in [1.29, 1.82) is 5.26 Å². The number of benzene rings is 1. The third-order valence-electron chi connectivity index (χ3n) is 8.14. The van der Waals surface area contributed by atoms with E-state index in [4.69, 9.17) is 4.74 Å². The summed E-state index contributed by atoms with van der Waals surface area (Å²) < 4.78 is 46.4. The second-order valence-corrected chi connectivity index (χ2v) is 10.8. The summed E-state index contributed by atoms with van der Waals surface area (Å²) in [5, 5.41) is 15.5. The van der Waals surface area contributed by atoms with E-state index in [0.29, 0.717) is 13.0 Å². The van der Waals surface area contributed by atoms with Gasteiger partial charge in [0.05, 0.1) is 6.07 Å². The van der Waals surface area contributed by atoms with Gasteiger partial charge in [0.2, 0.25) is 11.8 Å². The molecule has 5 atom stereocenters. The van der Waals surface area contributed by atoms with Crippen LogP contribution in [-0.4, -0.2) is 59.8 Å². The molecule has 0 aromatic heterocycles. The highest BCUT2D eigenvalue weighted by atomic mass is 19.4. The lowest BCUT2D eigenvalue weighted by Gasteiger charge is -2.28. The monoisotopic (exact) mass is 534 g/mol. The van der Waals surface area contributed by atoms with E-state index in [-0.39, 0.29) is 41.4 Å². The van der Waals surface area contributed by atoms with E-state index in [1.807, 2.05) is 0 Å². The molecule has 1 spiro atoms. The number of carbonyl (C=O) groups excluding carboxylic acids is 3. The van der Waals surface area contributed by atoms with E-state index in [1.54, 1.807) is 0 Å². The van der Waals surface area contributed by atoms with E-state index in [1.165, 1.54) is 17.0 Å². The first kappa shape index (κ1) is 26.1. The summed E-state index contributed by atoms with van der Waals surface area (Å²) in [5.74, 6) is -1.33. The minimum atomic E-state index is -4.81. The van der Waals surface area contributed by atoms with Crippen LogP contribution in [0.2, 0.25) is 0 Å². The van der Waals surface area contributed by atoms with Crippen molar-refractivity contribution in [2.45, 2.75) is 68.9 Å². The van der Waals surface area contributed by atoms with Crippen molar-refractivity contribution in [1.82, 2.24) is 15.5 Å². The van der Waals surface area contributed by atoms with Crippen LogP contribution in [-0.2, 0) is 14.4 Å². The van der Waals surface area contributed by atoms with Crippen LogP contribution in [0.3, 0.4) is 0 Å². The number of fused-ring (bicyclic) bond motifs is 1. The number of rotatable bonds is 8. The fourth-order valence-corrected chi connectivity index (χ4v) is 6.20. The first-order valence-electron chi connectivity index (χ1n) is 12.9. The molecule has 204 valence electrons. The fraction of sp³-hybridized carbons (Fsp3) is 0.615. The van der Waals surface area contributed by atoms with Crippen LogP contribution in [0.4, 0.5) is 13.2 Å². The Morgan fingerprint density at radius 1 is 1.21 bits per heavy atom. The molecule has 0 bridgehead atoms. The van der Waals surface area contributed by atoms with Crippen molar-refractivity contribution in [3.8, 4) is 17.6 Å². The molecule has 2 heterocycles. The molecule has 5 rings (SSSR count). The number of nitrogens with zero attached hydrogens (tertiary/aromatic N) is 2. The molecule has 2 saturated heterocycles. The summed E-state index contributed by atoms with van der Waals surface area (Å²) in [5.41, 5.74) is -0.122. The van der Waals surface area contributed by atoms with Crippen molar-refractivity contribution in [2.75, 3.05) is 13.2 Å². The molecular formula is C26H29F3N4O5. The van der Waals surface area contributed by atoms with Gasteiger partial charge in [0, 0.05) is 18.0 Å². The fourth-order valence-electron chi connectivity index (χ4n) is 6.20. The molecule has 2 N–H and O–H groups in total. The maximum absolute atomic E-state index is 13.4. The Bertz CT molecular complexity index is 1130. The zero-order valence-corrected chi connectivity index (χ0v) is 20.6. The lowest BCUT2D eigenvalue weighted by molar-refractivity contribution is -0.274. The molecule has 4 aliphatic rings. The maximum atomic E-state index is 13.4. The van der Waals surface area contributed by atoms with Gasteiger partial charge in [-0.15, -0.1) is 13.2 Å².